The van der Waals surface area contributed by atoms with Crippen LogP contribution in [0.15, 0.2) is 21.5 Å². The van der Waals surface area contributed by atoms with Crippen LogP contribution in [-0.4, -0.2) is 33.7 Å². The number of aromatic nitrogens is 4. The molecule has 0 spiro atoms. The Morgan fingerprint density at radius 3 is 2.58 bits per heavy atom. The number of anilines is 1. The first kappa shape index (κ1) is 13.8. The number of nitrogens with zero attached hydrogens (tertiary/aromatic N) is 5. The van der Waals surface area contributed by atoms with Crippen molar-refractivity contribution in [2.75, 3.05) is 19.0 Å². The van der Waals surface area contributed by atoms with E-state index in [0.29, 0.717) is 6.54 Å². The summed E-state index contributed by atoms with van der Waals surface area (Å²) >= 11 is 3.49. The van der Waals surface area contributed by atoms with E-state index in [4.69, 9.17) is 0 Å². The Hall–Kier alpha value is -1.63. The molecule has 2 aromatic rings. The van der Waals surface area contributed by atoms with Crippen molar-refractivity contribution in [2.45, 2.75) is 13.5 Å². The van der Waals surface area contributed by atoms with Crippen molar-refractivity contribution in [3.05, 3.63) is 38.5 Å². The van der Waals surface area contributed by atoms with E-state index in [1.165, 1.54) is 4.68 Å². The quantitative estimate of drug-likeness (QED) is 0.849. The van der Waals surface area contributed by atoms with Crippen molar-refractivity contribution in [3.8, 4) is 0 Å². The Labute approximate surface area is 119 Å². The SMILES string of the molecule is Cc1nn(C)c(Cn2ncc(N(C)C)cc2=O)c1Br. The zero-order chi connectivity index (χ0) is 14.2. The first-order valence-electron chi connectivity index (χ1n) is 5.82. The zero-order valence-electron chi connectivity index (χ0n) is 11.4. The molecule has 0 aromatic carbocycles. The van der Waals surface area contributed by atoms with E-state index in [-0.39, 0.29) is 5.56 Å². The number of aryl methyl sites for hydroxylation is 2. The Morgan fingerprint density at radius 1 is 1.42 bits per heavy atom. The van der Waals surface area contributed by atoms with E-state index >= 15 is 0 Å². The first-order chi connectivity index (χ1) is 8.90. The van der Waals surface area contributed by atoms with Crippen LogP contribution in [0, 0.1) is 6.92 Å². The summed E-state index contributed by atoms with van der Waals surface area (Å²) in [5, 5.41) is 8.49. The maximum Gasteiger partial charge on any atom is 0.269 e. The molecule has 7 heteroatoms. The standard InChI is InChI=1S/C12H16BrN5O/c1-8-12(13)10(17(4)15-8)7-18-11(19)5-9(6-14-18)16(2)3/h5-6H,7H2,1-4H3. The van der Waals surface area contributed by atoms with Gasteiger partial charge >= 0.3 is 0 Å². The van der Waals surface area contributed by atoms with E-state index in [2.05, 4.69) is 26.1 Å². The summed E-state index contributed by atoms with van der Waals surface area (Å²) in [7, 11) is 5.61. The van der Waals surface area contributed by atoms with E-state index < -0.39 is 0 Å². The Balaban J connectivity index is 2.36. The number of hydrogen-bond donors (Lipinski definition) is 0. The van der Waals surface area contributed by atoms with Crippen LogP contribution in [0.1, 0.15) is 11.4 Å². The van der Waals surface area contributed by atoms with Gasteiger partial charge in [-0.1, -0.05) is 0 Å². The lowest BCUT2D eigenvalue weighted by Gasteiger charge is -2.12. The van der Waals surface area contributed by atoms with Crippen LogP contribution < -0.4 is 10.5 Å². The molecular weight excluding hydrogens is 310 g/mol. The van der Waals surface area contributed by atoms with Crippen LogP contribution >= 0.6 is 15.9 Å². The summed E-state index contributed by atoms with van der Waals surface area (Å²) in [4.78, 5) is 13.9. The molecule has 0 aliphatic rings. The van der Waals surface area contributed by atoms with Crippen molar-refractivity contribution in [3.63, 3.8) is 0 Å². The van der Waals surface area contributed by atoms with Crippen LogP contribution in [0.5, 0.6) is 0 Å². The molecule has 0 saturated carbocycles. The number of rotatable bonds is 3. The highest BCUT2D eigenvalue weighted by Gasteiger charge is 2.12. The summed E-state index contributed by atoms with van der Waals surface area (Å²) < 4.78 is 4.10. The van der Waals surface area contributed by atoms with Gasteiger partial charge in [0.1, 0.15) is 0 Å². The second-order valence-corrected chi connectivity index (χ2v) is 5.37. The van der Waals surface area contributed by atoms with Crippen molar-refractivity contribution in [1.29, 1.82) is 0 Å². The third-order valence-electron chi connectivity index (χ3n) is 2.93. The molecule has 0 bridgehead atoms. The molecule has 0 amide bonds. The fourth-order valence-electron chi connectivity index (χ4n) is 1.78. The van der Waals surface area contributed by atoms with Gasteiger partial charge in [0, 0.05) is 27.2 Å². The molecule has 2 rings (SSSR count). The van der Waals surface area contributed by atoms with Crippen molar-refractivity contribution >= 4 is 21.6 Å². The molecular formula is C12H16BrN5O. The third-order valence-corrected chi connectivity index (χ3v) is 3.96. The third kappa shape index (κ3) is 2.70. The second-order valence-electron chi connectivity index (χ2n) is 4.57. The molecule has 0 N–H and O–H groups in total. The molecule has 2 heterocycles. The number of hydrogen-bond acceptors (Lipinski definition) is 4. The van der Waals surface area contributed by atoms with Crippen LogP contribution in [0.4, 0.5) is 5.69 Å². The summed E-state index contributed by atoms with van der Waals surface area (Å²) in [6.07, 6.45) is 1.68. The van der Waals surface area contributed by atoms with Crippen LogP contribution in [0.3, 0.4) is 0 Å². The van der Waals surface area contributed by atoms with Gasteiger partial charge in [-0.25, -0.2) is 4.68 Å². The molecule has 0 radical (unpaired) electrons. The van der Waals surface area contributed by atoms with Gasteiger partial charge in [-0.05, 0) is 22.9 Å². The molecule has 0 saturated heterocycles. The molecule has 102 valence electrons. The molecule has 6 nitrogen and oxygen atoms in total. The van der Waals surface area contributed by atoms with E-state index in [0.717, 1.165) is 21.5 Å². The average molecular weight is 326 g/mol. The van der Waals surface area contributed by atoms with Crippen molar-refractivity contribution < 1.29 is 0 Å². The highest BCUT2D eigenvalue weighted by molar-refractivity contribution is 9.10. The summed E-state index contributed by atoms with van der Waals surface area (Å²) in [6.45, 7) is 2.31. The van der Waals surface area contributed by atoms with Gasteiger partial charge in [0.2, 0.25) is 0 Å². The van der Waals surface area contributed by atoms with Gasteiger partial charge < -0.3 is 4.90 Å². The first-order valence-corrected chi connectivity index (χ1v) is 6.62. The van der Waals surface area contributed by atoms with E-state index in [9.17, 15) is 4.79 Å². The minimum absolute atomic E-state index is 0.128. The lowest BCUT2D eigenvalue weighted by atomic mass is 10.3. The van der Waals surface area contributed by atoms with Gasteiger partial charge in [0.05, 0.1) is 34.3 Å². The molecule has 0 aliphatic heterocycles. The molecule has 0 fully saturated rings. The second kappa shape index (κ2) is 5.16. The zero-order valence-corrected chi connectivity index (χ0v) is 13.0. The molecule has 0 atom stereocenters. The molecule has 19 heavy (non-hydrogen) atoms. The summed E-state index contributed by atoms with van der Waals surface area (Å²) in [5.74, 6) is 0. The largest absolute Gasteiger partial charge is 0.376 e. The van der Waals surface area contributed by atoms with Gasteiger partial charge in [-0.15, -0.1) is 0 Å². The lowest BCUT2D eigenvalue weighted by molar-refractivity contribution is 0.589. The topological polar surface area (TPSA) is 56.0 Å². The highest BCUT2D eigenvalue weighted by atomic mass is 79.9. The predicted octanol–water partition coefficient (Wildman–Crippen LogP) is 1.16. The summed E-state index contributed by atoms with van der Waals surface area (Å²) in [6, 6.07) is 1.57. The summed E-state index contributed by atoms with van der Waals surface area (Å²) in [5.41, 5.74) is 2.48. The average Bonchev–Trinajstić information content (AvgIpc) is 2.58. The van der Waals surface area contributed by atoms with Crippen LogP contribution in [0.25, 0.3) is 0 Å². The van der Waals surface area contributed by atoms with Crippen molar-refractivity contribution in [2.24, 2.45) is 7.05 Å². The fourth-order valence-corrected chi connectivity index (χ4v) is 2.24. The van der Waals surface area contributed by atoms with E-state index in [1.807, 2.05) is 33.0 Å². The Morgan fingerprint density at radius 2 is 2.11 bits per heavy atom. The predicted molar refractivity (Wildman–Crippen MR) is 77.6 cm³/mol. The lowest BCUT2D eigenvalue weighted by Crippen LogP contribution is -2.25. The monoisotopic (exact) mass is 325 g/mol. The molecule has 0 aliphatic carbocycles. The number of halogens is 1. The fraction of sp³-hybridized carbons (Fsp3) is 0.417. The van der Waals surface area contributed by atoms with Gasteiger partial charge in [-0.3, -0.25) is 9.48 Å². The van der Waals surface area contributed by atoms with Crippen LogP contribution in [0.2, 0.25) is 0 Å². The Kier molecular flexibility index (Phi) is 3.75. The van der Waals surface area contributed by atoms with Crippen LogP contribution in [-0.2, 0) is 13.6 Å². The highest BCUT2D eigenvalue weighted by Crippen LogP contribution is 2.20. The maximum absolute atomic E-state index is 12.0. The van der Waals surface area contributed by atoms with Gasteiger partial charge in [0.25, 0.3) is 5.56 Å². The van der Waals surface area contributed by atoms with E-state index in [1.54, 1.807) is 16.9 Å². The molecule has 2 aromatic heterocycles. The minimum atomic E-state index is -0.128. The smallest absolute Gasteiger partial charge is 0.269 e. The van der Waals surface area contributed by atoms with Gasteiger partial charge in [0.15, 0.2) is 0 Å². The maximum atomic E-state index is 12.0. The Bertz CT molecular complexity index is 659. The van der Waals surface area contributed by atoms with Gasteiger partial charge in [-0.2, -0.15) is 10.2 Å². The normalized spacial score (nSPS) is 10.8. The molecule has 0 unspecified atom stereocenters. The minimum Gasteiger partial charge on any atom is -0.376 e. The van der Waals surface area contributed by atoms with Crippen molar-refractivity contribution in [1.82, 2.24) is 19.6 Å².